The van der Waals surface area contributed by atoms with E-state index >= 15 is 0 Å². The van der Waals surface area contributed by atoms with Gasteiger partial charge < -0.3 is 14.6 Å². The molecule has 0 aromatic heterocycles. The average Bonchev–Trinajstić information content (AvgIpc) is 2.92. The molecule has 5 rings (SSSR count). The Morgan fingerprint density at radius 2 is 0.794 bits per heavy atom. The van der Waals surface area contributed by atoms with Crippen LogP contribution in [0.3, 0.4) is 0 Å². The molecule has 5 aromatic rings. The van der Waals surface area contributed by atoms with Crippen LogP contribution >= 0.6 is 0 Å². The molecule has 0 aliphatic rings. The van der Waals surface area contributed by atoms with Gasteiger partial charge in [-0.15, -0.1) is 0 Å². The summed E-state index contributed by atoms with van der Waals surface area (Å²) in [6.07, 6.45) is 0. The van der Waals surface area contributed by atoms with E-state index < -0.39 is 0 Å². The zero-order chi connectivity index (χ0) is 23.2. The quantitative estimate of drug-likeness (QED) is 0.273. The van der Waals surface area contributed by atoms with Gasteiger partial charge in [0.25, 0.3) is 0 Å². The maximum atomic E-state index is 9.06. The number of hydrogen-bond acceptors (Lipinski definition) is 3. The largest absolute Gasteiger partial charge is 0.539 e. The molecule has 0 amide bonds. The molecule has 0 radical (unpaired) electrons. The van der Waals surface area contributed by atoms with Crippen LogP contribution in [0.4, 0.5) is 17.1 Å². The van der Waals surface area contributed by atoms with Gasteiger partial charge in [0.05, 0.1) is 0 Å². The topological polar surface area (TPSA) is 32.7 Å². The molecule has 164 valence electrons. The second kappa shape index (κ2) is 10.1. The van der Waals surface area contributed by atoms with E-state index in [1.807, 2.05) is 36.4 Å². The van der Waals surface area contributed by atoms with Crippen molar-refractivity contribution in [2.75, 3.05) is 4.90 Å². The summed E-state index contributed by atoms with van der Waals surface area (Å²) in [6, 6.07) is 45.7. The van der Waals surface area contributed by atoms with Gasteiger partial charge in [-0.3, -0.25) is 0 Å². The van der Waals surface area contributed by atoms with Gasteiger partial charge in [-0.2, -0.15) is 0 Å². The van der Waals surface area contributed by atoms with Crippen molar-refractivity contribution in [2.24, 2.45) is 0 Å². The summed E-state index contributed by atoms with van der Waals surface area (Å²) in [7, 11) is -0.342. The summed E-state index contributed by atoms with van der Waals surface area (Å²) in [6.45, 7) is 0. The minimum atomic E-state index is -0.342. The molecule has 1 N–H and O–H groups in total. The first kappa shape index (κ1) is 21.6. The van der Waals surface area contributed by atoms with Crippen LogP contribution < -0.4 is 9.55 Å². The zero-order valence-corrected chi connectivity index (χ0v) is 18.7. The van der Waals surface area contributed by atoms with E-state index in [1.165, 1.54) is 22.3 Å². The predicted octanol–water partition coefficient (Wildman–Crippen LogP) is 7.13. The van der Waals surface area contributed by atoms with Crippen LogP contribution in [0, 0.1) is 0 Å². The van der Waals surface area contributed by atoms with Crippen molar-refractivity contribution in [3.63, 3.8) is 0 Å². The molecule has 0 bridgehead atoms. The molecule has 5 aromatic carbocycles. The van der Waals surface area contributed by atoms with Crippen LogP contribution in [0.2, 0.25) is 0 Å². The molecule has 0 saturated heterocycles. The highest BCUT2D eigenvalue weighted by atomic mass is 16.5. The number of nitrogens with zero attached hydrogens (tertiary/aromatic N) is 1. The van der Waals surface area contributed by atoms with E-state index in [2.05, 4.69) is 102 Å². The SMILES string of the molecule is OBOc1ccc(N(c2ccc(-c3ccccc3)cc2)c2ccc(-c3ccccc3)cc2)cc1. The molecule has 0 spiro atoms. The fraction of sp³-hybridized carbons (Fsp3) is 0. The van der Waals surface area contributed by atoms with E-state index in [4.69, 9.17) is 9.68 Å². The molecule has 0 atom stereocenters. The first-order valence-electron chi connectivity index (χ1n) is 11.3. The lowest BCUT2D eigenvalue weighted by Crippen LogP contribution is -2.10. The van der Waals surface area contributed by atoms with Crippen molar-refractivity contribution in [2.45, 2.75) is 0 Å². The van der Waals surface area contributed by atoms with Gasteiger partial charge in [0.1, 0.15) is 5.75 Å². The molecule has 0 heterocycles. The van der Waals surface area contributed by atoms with Crippen LogP contribution in [-0.4, -0.2) is 12.7 Å². The second-order valence-electron chi connectivity index (χ2n) is 7.93. The van der Waals surface area contributed by atoms with Gasteiger partial charge in [-0.25, -0.2) is 0 Å². The summed E-state index contributed by atoms with van der Waals surface area (Å²) < 4.78 is 5.22. The molecule has 0 unspecified atom stereocenters. The highest BCUT2D eigenvalue weighted by molar-refractivity contribution is 6.17. The summed E-state index contributed by atoms with van der Waals surface area (Å²) in [5.74, 6) is 0.630. The normalized spacial score (nSPS) is 10.5. The Labute approximate surface area is 200 Å². The third-order valence-corrected chi connectivity index (χ3v) is 5.79. The van der Waals surface area contributed by atoms with Crippen LogP contribution in [0.1, 0.15) is 0 Å². The van der Waals surface area contributed by atoms with Gasteiger partial charge >= 0.3 is 7.69 Å². The molecule has 0 saturated carbocycles. The smallest absolute Gasteiger partial charge is 0.504 e. The highest BCUT2D eigenvalue weighted by Gasteiger charge is 2.13. The van der Waals surface area contributed by atoms with Gasteiger partial charge in [0.2, 0.25) is 0 Å². The Morgan fingerprint density at radius 1 is 0.441 bits per heavy atom. The van der Waals surface area contributed by atoms with E-state index in [1.54, 1.807) is 0 Å². The first-order chi connectivity index (χ1) is 16.8. The molecule has 0 fully saturated rings. The predicted molar refractivity (Wildman–Crippen MR) is 142 cm³/mol. The van der Waals surface area contributed by atoms with Crippen molar-refractivity contribution in [3.8, 4) is 28.0 Å². The van der Waals surface area contributed by atoms with Crippen molar-refractivity contribution in [1.29, 1.82) is 0 Å². The Kier molecular flexibility index (Phi) is 6.41. The lowest BCUT2D eigenvalue weighted by atomic mass is 10.0. The molecule has 3 nitrogen and oxygen atoms in total. The van der Waals surface area contributed by atoms with Gasteiger partial charge in [0, 0.05) is 17.1 Å². The lowest BCUT2D eigenvalue weighted by Gasteiger charge is -2.26. The number of anilines is 3. The maximum Gasteiger partial charge on any atom is 0.504 e. The Morgan fingerprint density at radius 3 is 1.18 bits per heavy atom. The molecular weight excluding hydrogens is 417 g/mol. The molecule has 0 aliphatic carbocycles. The third-order valence-electron chi connectivity index (χ3n) is 5.79. The minimum absolute atomic E-state index is 0.342. The van der Waals surface area contributed by atoms with Crippen LogP contribution in [0.5, 0.6) is 5.75 Å². The monoisotopic (exact) mass is 441 g/mol. The maximum absolute atomic E-state index is 9.06. The van der Waals surface area contributed by atoms with E-state index in [0.717, 1.165) is 17.1 Å². The first-order valence-corrected chi connectivity index (χ1v) is 11.3. The Bertz CT molecular complexity index is 1240. The zero-order valence-electron chi connectivity index (χ0n) is 18.7. The Hall–Kier alpha value is -4.28. The summed E-state index contributed by atoms with van der Waals surface area (Å²) in [4.78, 5) is 2.21. The molecule has 34 heavy (non-hydrogen) atoms. The number of rotatable bonds is 7. The summed E-state index contributed by atoms with van der Waals surface area (Å²) in [5.41, 5.74) is 7.86. The van der Waals surface area contributed by atoms with Gasteiger partial charge in [-0.05, 0) is 70.8 Å². The van der Waals surface area contributed by atoms with Crippen molar-refractivity contribution in [3.05, 3.63) is 133 Å². The van der Waals surface area contributed by atoms with Gasteiger partial charge in [0.15, 0.2) is 0 Å². The average molecular weight is 441 g/mol. The molecule has 4 heteroatoms. The van der Waals surface area contributed by atoms with E-state index in [9.17, 15) is 0 Å². The Balaban J connectivity index is 1.52. The summed E-state index contributed by atoms with van der Waals surface area (Å²) in [5, 5.41) is 9.06. The summed E-state index contributed by atoms with van der Waals surface area (Å²) >= 11 is 0. The van der Waals surface area contributed by atoms with Crippen LogP contribution in [0.15, 0.2) is 133 Å². The van der Waals surface area contributed by atoms with Crippen LogP contribution in [-0.2, 0) is 0 Å². The molecule has 0 aliphatic heterocycles. The van der Waals surface area contributed by atoms with E-state index in [-0.39, 0.29) is 7.69 Å². The number of benzene rings is 5. The van der Waals surface area contributed by atoms with Crippen LogP contribution in [0.25, 0.3) is 22.3 Å². The molecular formula is C30H24BNO2. The fourth-order valence-corrected chi connectivity index (χ4v) is 4.08. The standard InChI is InChI=1S/C30H24BNO2/c33-31-34-30-21-19-29(20-22-30)32(27-15-11-25(12-16-27)23-7-3-1-4-8-23)28-17-13-26(14-18-28)24-9-5-2-6-10-24/h1-22,31,33H. The van der Waals surface area contributed by atoms with Crippen molar-refractivity contribution in [1.82, 2.24) is 0 Å². The number of hydrogen-bond donors (Lipinski definition) is 1. The lowest BCUT2D eigenvalue weighted by molar-refractivity contribution is 0.454. The van der Waals surface area contributed by atoms with Gasteiger partial charge in [-0.1, -0.05) is 84.9 Å². The third kappa shape index (κ3) is 4.73. The van der Waals surface area contributed by atoms with E-state index in [0.29, 0.717) is 5.75 Å². The minimum Gasteiger partial charge on any atom is -0.539 e. The highest BCUT2D eigenvalue weighted by Crippen LogP contribution is 2.37. The second-order valence-corrected chi connectivity index (χ2v) is 7.93. The van der Waals surface area contributed by atoms with Crippen molar-refractivity contribution >= 4 is 24.7 Å². The van der Waals surface area contributed by atoms with Crippen molar-refractivity contribution < 1.29 is 9.68 Å². The fourth-order valence-electron chi connectivity index (χ4n) is 4.08.